The molecule has 3 aromatic heterocycles. The van der Waals surface area contributed by atoms with Crippen molar-refractivity contribution in [1.82, 2.24) is 19.9 Å². The molecule has 0 radical (unpaired) electrons. The number of carbonyl (C=O) groups excluding carboxylic acids is 1. The van der Waals surface area contributed by atoms with Gasteiger partial charge in [-0.3, -0.25) is 9.59 Å². The number of pyridine rings is 1. The van der Waals surface area contributed by atoms with E-state index in [1.807, 2.05) is 24.0 Å². The Bertz CT molecular complexity index is 1050. The summed E-state index contributed by atoms with van der Waals surface area (Å²) in [5, 5.41) is 3.43. The molecule has 8 heteroatoms. The average Bonchev–Trinajstić information content (AvgIpc) is 3.27. The minimum Gasteiger partial charge on any atom is -0.472 e. The molecule has 0 unspecified atom stereocenters. The number of piperidine rings is 1. The van der Waals surface area contributed by atoms with Gasteiger partial charge in [-0.1, -0.05) is 0 Å². The molecule has 0 saturated carbocycles. The lowest BCUT2D eigenvalue weighted by Gasteiger charge is -2.32. The van der Waals surface area contributed by atoms with Gasteiger partial charge in [0.25, 0.3) is 11.5 Å². The standard InChI is InChI=1S/C21H23N5O3/c1-13-14(2)23-19(25-20(13)27)15-3-4-18(22-11-15)24-17-5-8-26(9-6-17)21(28)16-7-10-29-12-16/h3-4,7,10-12,17H,5-6,8-9H2,1-2H3,(H,22,24)(H,23,25,27). The summed E-state index contributed by atoms with van der Waals surface area (Å²) in [6.07, 6.45) is 6.39. The first-order chi connectivity index (χ1) is 14.0. The Labute approximate surface area is 168 Å². The number of carbonyl (C=O) groups is 1. The highest BCUT2D eigenvalue weighted by Gasteiger charge is 2.24. The lowest BCUT2D eigenvalue weighted by molar-refractivity contribution is 0.0717. The van der Waals surface area contributed by atoms with Crippen LogP contribution in [0.1, 0.15) is 34.5 Å². The molecule has 0 atom stereocenters. The van der Waals surface area contributed by atoms with E-state index >= 15 is 0 Å². The summed E-state index contributed by atoms with van der Waals surface area (Å²) in [5.41, 5.74) is 2.55. The SMILES string of the molecule is Cc1nc(-c2ccc(NC3CCN(C(=O)c4ccoc4)CC3)nc2)[nH]c(=O)c1C. The Morgan fingerprint density at radius 2 is 2.03 bits per heavy atom. The summed E-state index contributed by atoms with van der Waals surface area (Å²) in [4.78, 5) is 37.9. The van der Waals surface area contributed by atoms with Gasteiger partial charge in [-0.15, -0.1) is 0 Å². The van der Waals surface area contributed by atoms with Gasteiger partial charge in [0.15, 0.2) is 0 Å². The van der Waals surface area contributed by atoms with Crippen LogP contribution in [0.3, 0.4) is 0 Å². The largest absolute Gasteiger partial charge is 0.472 e. The quantitative estimate of drug-likeness (QED) is 0.706. The van der Waals surface area contributed by atoms with E-state index in [-0.39, 0.29) is 17.5 Å². The van der Waals surface area contributed by atoms with Crippen LogP contribution in [0.5, 0.6) is 0 Å². The van der Waals surface area contributed by atoms with Crippen molar-refractivity contribution in [2.24, 2.45) is 0 Å². The van der Waals surface area contributed by atoms with Crippen molar-refractivity contribution >= 4 is 11.7 Å². The van der Waals surface area contributed by atoms with E-state index in [1.54, 1.807) is 19.2 Å². The van der Waals surface area contributed by atoms with E-state index in [9.17, 15) is 9.59 Å². The highest BCUT2D eigenvalue weighted by atomic mass is 16.3. The van der Waals surface area contributed by atoms with Crippen LogP contribution in [-0.2, 0) is 0 Å². The first-order valence-electron chi connectivity index (χ1n) is 9.63. The number of rotatable bonds is 4. The summed E-state index contributed by atoms with van der Waals surface area (Å²) < 4.78 is 4.99. The van der Waals surface area contributed by atoms with Crippen LogP contribution in [0.25, 0.3) is 11.4 Å². The number of aromatic nitrogens is 3. The third-order valence-corrected chi connectivity index (χ3v) is 5.33. The van der Waals surface area contributed by atoms with Gasteiger partial charge < -0.3 is 19.6 Å². The Morgan fingerprint density at radius 1 is 1.24 bits per heavy atom. The molecule has 8 nitrogen and oxygen atoms in total. The van der Waals surface area contributed by atoms with E-state index in [0.29, 0.717) is 35.7 Å². The van der Waals surface area contributed by atoms with Gasteiger partial charge in [-0.05, 0) is 44.9 Å². The summed E-state index contributed by atoms with van der Waals surface area (Å²) in [7, 11) is 0. The summed E-state index contributed by atoms with van der Waals surface area (Å²) in [5.74, 6) is 1.29. The Balaban J connectivity index is 1.36. The van der Waals surface area contributed by atoms with Gasteiger partial charge in [0.05, 0.1) is 11.8 Å². The van der Waals surface area contributed by atoms with Crippen LogP contribution < -0.4 is 10.9 Å². The van der Waals surface area contributed by atoms with Crippen molar-refractivity contribution < 1.29 is 9.21 Å². The van der Waals surface area contributed by atoms with E-state index in [1.165, 1.54) is 12.5 Å². The Morgan fingerprint density at radius 3 is 2.66 bits per heavy atom. The molecule has 0 aromatic carbocycles. The molecule has 3 aromatic rings. The number of anilines is 1. The van der Waals surface area contributed by atoms with Gasteiger partial charge in [0, 0.05) is 42.1 Å². The maximum absolute atomic E-state index is 12.4. The van der Waals surface area contributed by atoms with Gasteiger partial charge in [0.2, 0.25) is 0 Å². The molecule has 0 bridgehead atoms. The molecule has 0 spiro atoms. The predicted octanol–water partition coefficient (Wildman–Crippen LogP) is 2.76. The second-order valence-electron chi connectivity index (χ2n) is 7.28. The molecule has 29 heavy (non-hydrogen) atoms. The first kappa shape index (κ1) is 18.9. The number of aromatic amines is 1. The molecule has 4 heterocycles. The number of furan rings is 1. The lowest BCUT2D eigenvalue weighted by Crippen LogP contribution is -2.42. The van der Waals surface area contributed by atoms with E-state index in [4.69, 9.17) is 4.42 Å². The number of aryl methyl sites for hydroxylation is 1. The Hall–Kier alpha value is -3.42. The molecule has 1 fully saturated rings. The Kier molecular flexibility index (Phi) is 5.16. The van der Waals surface area contributed by atoms with Crippen LogP contribution >= 0.6 is 0 Å². The van der Waals surface area contributed by atoms with Crippen molar-refractivity contribution in [3.05, 3.63) is 64.1 Å². The molecule has 1 saturated heterocycles. The fourth-order valence-corrected chi connectivity index (χ4v) is 3.41. The van der Waals surface area contributed by atoms with Crippen molar-refractivity contribution in [2.75, 3.05) is 18.4 Å². The second kappa shape index (κ2) is 7.90. The van der Waals surface area contributed by atoms with Gasteiger partial charge >= 0.3 is 0 Å². The lowest BCUT2D eigenvalue weighted by atomic mass is 10.0. The average molecular weight is 393 g/mol. The summed E-state index contributed by atoms with van der Waals surface area (Å²) in [6.45, 7) is 4.95. The zero-order valence-electron chi connectivity index (χ0n) is 16.4. The van der Waals surface area contributed by atoms with Crippen LogP contribution in [0.15, 0.2) is 46.1 Å². The van der Waals surface area contributed by atoms with E-state index < -0.39 is 0 Å². The van der Waals surface area contributed by atoms with Crippen molar-refractivity contribution in [1.29, 1.82) is 0 Å². The third kappa shape index (κ3) is 4.06. The van der Waals surface area contributed by atoms with E-state index in [0.717, 1.165) is 24.2 Å². The normalized spacial score (nSPS) is 14.8. The van der Waals surface area contributed by atoms with Gasteiger partial charge in [-0.2, -0.15) is 0 Å². The van der Waals surface area contributed by atoms with Crippen LogP contribution in [-0.4, -0.2) is 44.9 Å². The minimum absolute atomic E-state index is 0.00885. The minimum atomic E-state index is -0.133. The third-order valence-electron chi connectivity index (χ3n) is 5.33. The van der Waals surface area contributed by atoms with Crippen LogP contribution in [0.2, 0.25) is 0 Å². The fourth-order valence-electron chi connectivity index (χ4n) is 3.41. The summed E-state index contributed by atoms with van der Waals surface area (Å²) >= 11 is 0. The fraction of sp³-hybridized carbons (Fsp3) is 0.333. The highest BCUT2D eigenvalue weighted by molar-refractivity contribution is 5.93. The number of H-pyrrole nitrogens is 1. The highest BCUT2D eigenvalue weighted by Crippen LogP contribution is 2.20. The van der Waals surface area contributed by atoms with Crippen LogP contribution in [0, 0.1) is 13.8 Å². The monoisotopic (exact) mass is 393 g/mol. The maximum atomic E-state index is 12.4. The van der Waals surface area contributed by atoms with Crippen molar-refractivity contribution in [3.8, 4) is 11.4 Å². The van der Waals surface area contributed by atoms with Gasteiger partial charge in [0.1, 0.15) is 17.9 Å². The molecule has 2 N–H and O–H groups in total. The molecular formula is C21H23N5O3. The first-order valence-corrected chi connectivity index (χ1v) is 9.63. The number of amides is 1. The second-order valence-corrected chi connectivity index (χ2v) is 7.28. The number of likely N-dealkylation sites (tertiary alicyclic amines) is 1. The molecule has 1 aliphatic heterocycles. The molecule has 4 rings (SSSR count). The molecule has 0 aliphatic carbocycles. The molecule has 1 aliphatic rings. The molecule has 150 valence electrons. The number of nitrogens with zero attached hydrogens (tertiary/aromatic N) is 3. The maximum Gasteiger partial charge on any atom is 0.257 e. The summed E-state index contributed by atoms with van der Waals surface area (Å²) in [6, 6.07) is 5.71. The zero-order chi connectivity index (χ0) is 20.4. The number of hydrogen-bond acceptors (Lipinski definition) is 6. The van der Waals surface area contributed by atoms with Crippen molar-refractivity contribution in [3.63, 3.8) is 0 Å². The number of hydrogen-bond donors (Lipinski definition) is 2. The van der Waals surface area contributed by atoms with Crippen LogP contribution in [0.4, 0.5) is 5.82 Å². The van der Waals surface area contributed by atoms with Gasteiger partial charge in [-0.25, -0.2) is 9.97 Å². The zero-order valence-corrected chi connectivity index (χ0v) is 16.4. The predicted molar refractivity (Wildman–Crippen MR) is 109 cm³/mol. The van der Waals surface area contributed by atoms with Crippen molar-refractivity contribution in [2.45, 2.75) is 32.7 Å². The topological polar surface area (TPSA) is 104 Å². The number of nitrogens with one attached hydrogen (secondary N) is 2. The molecular weight excluding hydrogens is 370 g/mol. The van der Waals surface area contributed by atoms with E-state index in [2.05, 4.69) is 20.3 Å². The smallest absolute Gasteiger partial charge is 0.257 e. The molecule has 1 amide bonds.